The molecule has 11 heavy (non-hydrogen) atoms. The smallest absolute Gasteiger partial charge is 0.145 e. The van der Waals surface area contributed by atoms with Gasteiger partial charge in [0.2, 0.25) is 0 Å². The predicted octanol–water partition coefficient (Wildman–Crippen LogP) is -1.08. The summed E-state index contributed by atoms with van der Waals surface area (Å²) in [7, 11) is 0. The topological polar surface area (TPSA) is 76.7 Å². The Morgan fingerprint density at radius 2 is 2.09 bits per heavy atom. The molecule has 5 nitrogen and oxygen atoms in total. The molecule has 0 aliphatic rings. The highest BCUT2D eigenvalue weighted by Crippen LogP contribution is 1.81. The zero-order chi connectivity index (χ0) is 7.94. The van der Waals surface area contributed by atoms with E-state index in [2.05, 4.69) is 20.3 Å². The SMILES string of the molecule is NCCNCc1ncncn1. The van der Waals surface area contributed by atoms with E-state index in [0.717, 1.165) is 12.4 Å². The van der Waals surface area contributed by atoms with Crippen LogP contribution in [0.4, 0.5) is 0 Å². The molecule has 1 heterocycles. The molecule has 60 valence electrons. The van der Waals surface area contributed by atoms with Crippen molar-refractivity contribution in [2.75, 3.05) is 13.1 Å². The number of aromatic nitrogens is 3. The quantitative estimate of drug-likeness (QED) is 0.538. The first-order chi connectivity index (χ1) is 5.43. The van der Waals surface area contributed by atoms with Gasteiger partial charge in [0, 0.05) is 13.1 Å². The maximum Gasteiger partial charge on any atom is 0.145 e. The normalized spacial score (nSPS) is 9.91. The molecule has 0 saturated carbocycles. The van der Waals surface area contributed by atoms with Gasteiger partial charge in [-0.15, -0.1) is 0 Å². The Kier molecular flexibility index (Phi) is 3.43. The van der Waals surface area contributed by atoms with Crippen molar-refractivity contribution in [1.29, 1.82) is 0 Å². The molecule has 3 N–H and O–H groups in total. The molecule has 0 atom stereocenters. The molecule has 5 heteroatoms. The van der Waals surface area contributed by atoms with Gasteiger partial charge in [0.1, 0.15) is 18.5 Å². The minimum Gasteiger partial charge on any atom is -0.329 e. The summed E-state index contributed by atoms with van der Waals surface area (Å²) in [6.07, 6.45) is 2.96. The summed E-state index contributed by atoms with van der Waals surface area (Å²) < 4.78 is 0. The Morgan fingerprint density at radius 1 is 1.36 bits per heavy atom. The van der Waals surface area contributed by atoms with Crippen LogP contribution in [0.25, 0.3) is 0 Å². The largest absolute Gasteiger partial charge is 0.329 e. The Hall–Kier alpha value is -1.07. The van der Waals surface area contributed by atoms with Gasteiger partial charge < -0.3 is 11.1 Å². The lowest BCUT2D eigenvalue weighted by atomic mass is 10.5. The molecule has 0 fully saturated rings. The second kappa shape index (κ2) is 4.70. The number of rotatable bonds is 4. The third-order valence-electron chi connectivity index (χ3n) is 1.15. The third-order valence-corrected chi connectivity index (χ3v) is 1.15. The Labute approximate surface area is 65.1 Å². The summed E-state index contributed by atoms with van der Waals surface area (Å²) in [6, 6.07) is 0. The Balaban J connectivity index is 2.28. The number of hydrogen-bond donors (Lipinski definition) is 2. The van der Waals surface area contributed by atoms with Gasteiger partial charge in [0.15, 0.2) is 0 Å². The molecule has 0 radical (unpaired) electrons. The van der Waals surface area contributed by atoms with Crippen LogP contribution >= 0.6 is 0 Å². The van der Waals surface area contributed by atoms with Crippen molar-refractivity contribution in [3.05, 3.63) is 18.5 Å². The van der Waals surface area contributed by atoms with E-state index in [1.54, 1.807) is 0 Å². The molecule has 0 aliphatic heterocycles. The van der Waals surface area contributed by atoms with E-state index in [9.17, 15) is 0 Å². The third kappa shape index (κ3) is 3.01. The summed E-state index contributed by atoms with van der Waals surface area (Å²) >= 11 is 0. The van der Waals surface area contributed by atoms with Gasteiger partial charge in [-0.05, 0) is 0 Å². The summed E-state index contributed by atoms with van der Waals surface area (Å²) in [5.74, 6) is 0.744. The second-order valence-electron chi connectivity index (χ2n) is 2.02. The number of nitrogens with one attached hydrogen (secondary N) is 1. The van der Waals surface area contributed by atoms with E-state index in [1.165, 1.54) is 12.7 Å². The van der Waals surface area contributed by atoms with Crippen LogP contribution in [-0.2, 0) is 6.54 Å². The molecule has 1 aromatic rings. The lowest BCUT2D eigenvalue weighted by Crippen LogP contribution is -2.22. The molecule has 0 amide bonds. The first kappa shape index (κ1) is 8.03. The molecule has 0 spiro atoms. The average molecular weight is 153 g/mol. The zero-order valence-electron chi connectivity index (χ0n) is 6.20. The molecule has 0 aliphatic carbocycles. The van der Waals surface area contributed by atoms with Crippen molar-refractivity contribution < 1.29 is 0 Å². The second-order valence-corrected chi connectivity index (χ2v) is 2.02. The monoisotopic (exact) mass is 153 g/mol. The lowest BCUT2D eigenvalue weighted by Gasteiger charge is -1.99. The number of nitrogens with zero attached hydrogens (tertiary/aromatic N) is 3. The van der Waals surface area contributed by atoms with Crippen LogP contribution in [0.15, 0.2) is 12.7 Å². The van der Waals surface area contributed by atoms with Gasteiger partial charge in [-0.3, -0.25) is 0 Å². The van der Waals surface area contributed by atoms with Crippen LogP contribution in [0, 0.1) is 0 Å². The van der Waals surface area contributed by atoms with E-state index in [4.69, 9.17) is 5.73 Å². The van der Waals surface area contributed by atoms with E-state index < -0.39 is 0 Å². The van der Waals surface area contributed by atoms with Crippen LogP contribution in [0.1, 0.15) is 5.82 Å². The molecular weight excluding hydrogens is 142 g/mol. The highest BCUT2D eigenvalue weighted by atomic mass is 15.0. The van der Waals surface area contributed by atoms with Crippen molar-refractivity contribution in [2.45, 2.75) is 6.54 Å². The average Bonchev–Trinajstić information content (AvgIpc) is 2.07. The molecule has 0 saturated heterocycles. The lowest BCUT2D eigenvalue weighted by molar-refractivity contribution is 0.662. The molecule has 0 bridgehead atoms. The zero-order valence-corrected chi connectivity index (χ0v) is 6.20. The van der Waals surface area contributed by atoms with Gasteiger partial charge in [-0.1, -0.05) is 0 Å². The fraction of sp³-hybridized carbons (Fsp3) is 0.500. The van der Waals surface area contributed by atoms with Crippen molar-refractivity contribution >= 4 is 0 Å². The number of hydrogen-bond acceptors (Lipinski definition) is 5. The Morgan fingerprint density at radius 3 is 2.73 bits per heavy atom. The summed E-state index contributed by atoms with van der Waals surface area (Å²) in [6.45, 7) is 2.07. The number of nitrogens with two attached hydrogens (primary N) is 1. The molecular formula is C6H11N5. The maximum atomic E-state index is 5.28. The van der Waals surface area contributed by atoms with Crippen LogP contribution in [-0.4, -0.2) is 28.0 Å². The first-order valence-electron chi connectivity index (χ1n) is 3.45. The first-order valence-corrected chi connectivity index (χ1v) is 3.45. The summed E-state index contributed by atoms with van der Waals surface area (Å²) in [5.41, 5.74) is 5.28. The summed E-state index contributed by atoms with van der Waals surface area (Å²) in [5, 5.41) is 3.07. The maximum absolute atomic E-state index is 5.28. The van der Waals surface area contributed by atoms with E-state index in [1.807, 2.05) is 0 Å². The van der Waals surface area contributed by atoms with Crippen LogP contribution in [0.2, 0.25) is 0 Å². The fourth-order valence-electron chi connectivity index (χ4n) is 0.657. The molecule has 0 aromatic carbocycles. The van der Waals surface area contributed by atoms with Crippen LogP contribution in [0.3, 0.4) is 0 Å². The van der Waals surface area contributed by atoms with Gasteiger partial charge in [0.05, 0.1) is 6.54 Å². The van der Waals surface area contributed by atoms with Gasteiger partial charge in [0.25, 0.3) is 0 Å². The van der Waals surface area contributed by atoms with E-state index in [0.29, 0.717) is 13.1 Å². The predicted molar refractivity (Wildman–Crippen MR) is 40.6 cm³/mol. The standard InChI is InChI=1S/C6H11N5/c7-1-2-8-3-6-10-4-9-5-11-6/h4-5,8H,1-3,7H2. The molecule has 1 aromatic heterocycles. The van der Waals surface area contributed by atoms with Crippen molar-refractivity contribution in [3.8, 4) is 0 Å². The highest BCUT2D eigenvalue weighted by Gasteiger charge is 1.91. The minimum atomic E-state index is 0.630. The van der Waals surface area contributed by atoms with Gasteiger partial charge in [-0.2, -0.15) is 0 Å². The highest BCUT2D eigenvalue weighted by molar-refractivity contribution is 4.79. The van der Waals surface area contributed by atoms with Gasteiger partial charge in [-0.25, -0.2) is 15.0 Å². The molecule has 1 rings (SSSR count). The Bertz CT molecular complexity index is 187. The minimum absolute atomic E-state index is 0.630. The summed E-state index contributed by atoms with van der Waals surface area (Å²) in [4.78, 5) is 11.5. The fourth-order valence-corrected chi connectivity index (χ4v) is 0.657. The van der Waals surface area contributed by atoms with E-state index >= 15 is 0 Å². The molecule has 0 unspecified atom stereocenters. The van der Waals surface area contributed by atoms with Crippen LogP contribution in [0.5, 0.6) is 0 Å². The van der Waals surface area contributed by atoms with Crippen molar-refractivity contribution in [2.24, 2.45) is 5.73 Å². The van der Waals surface area contributed by atoms with Crippen LogP contribution < -0.4 is 11.1 Å². The van der Waals surface area contributed by atoms with Gasteiger partial charge >= 0.3 is 0 Å². The van der Waals surface area contributed by atoms with E-state index in [-0.39, 0.29) is 0 Å². The van der Waals surface area contributed by atoms with Crippen molar-refractivity contribution in [3.63, 3.8) is 0 Å². The van der Waals surface area contributed by atoms with Crippen molar-refractivity contribution in [1.82, 2.24) is 20.3 Å².